The zero-order valence-corrected chi connectivity index (χ0v) is 14.1. The highest BCUT2D eigenvalue weighted by Crippen LogP contribution is 2.17. The van der Waals surface area contributed by atoms with Crippen LogP contribution in [-0.4, -0.2) is 17.9 Å². The number of ether oxygens (including phenoxy) is 1. The highest BCUT2D eigenvalue weighted by atomic mass is 79.9. The number of carbonyl (C=O) groups excluding carboxylic acids is 2. The minimum absolute atomic E-state index is 0.0266. The third kappa shape index (κ3) is 4.51. The molecule has 2 aromatic carbocycles. The van der Waals surface area contributed by atoms with Gasteiger partial charge in [0.15, 0.2) is 17.7 Å². The van der Waals surface area contributed by atoms with Crippen LogP contribution in [0.25, 0.3) is 0 Å². The molecule has 0 saturated carbocycles. The van der Waals surface area contributed by atoms with Gasteiger partial charge in [0.1, 0.15) is 5.82 Å². The predicted molar refractivity (Wildman–Crippen MR) is 86.2 cm³/mol. The Bertz CT molecular complexity index is 771. The van der Waals surface area contributed by atoms with Gasteiger partial charge in [0.05, 0.1) is 4.47 Å². The van der Waals surface area contributed by atoms with Crippen LogP contribution >= 0.6 is 15.9 Å². The van der Waals surface area contributed by atoms with E-state index in [0.717, 1.165) is 6.07 Å². The lowest BCUT2D eigenvalue weighted by molar-refractivity contribution is -0.128. The van der Waals surface area contributed by atoms with Gasteiger partial charge in [-0.05, 0) is 53.2 Å². The highest BCUT2D eigenvalue weighted by Gasteiger charge is 2.17. The number of para-hydroxylation sites is 1. The summed E-state index contributed by atoms with van der Waals surface area (Å²) in [6.45, 7) is 1.40. The van der Waals surface area contributed by atoms with Crippen LogP contribution in [0.3, 0.4) is 0 Å². The molecule has 126 valence electrons. The topological polar surface area (TPSA) is 67.4 Å². The zero-order valence-electron chi connectivity index (χ0n) is 12.5. The molecule has 1 unspecified atom stereocenters. The van der Waals surface area contributed by atoms with Gasteiger partial charge in [0.25, 0.3) is 11.8 Å². The van der Waals surface area contributed by atoms with Gasteiger partial charge >= 0.3 is 0 Å². The van der Waals surface area contributed by atoms with Gasteiger partial charge < -0.3 is 4.74 Å². The Balaban J connectivity index is 1.91. The maximum absolute atomic E-state index is 13.5. The molecule has 2 N–H and O–H groups in total. The molecule has 2 aromatic rings. The molecule has 0 heterocycles. The van der Waals surface area contributed by atoms with Crippen LogP contribution < -0.4 is 15.6 Å². The molecule has 0 aliphatic heterocycles. The van der Waals surface area contributed by atoms with E-state index in [1.54, 1.807) is 6.07 Å². The van der Waals surface area contributed by atoms with Gasteiger partial charge in [-0.2, -0.15) is 0 Å². The van der Waals surface area contributed by atoms with Gasteiger partial charge in [-0.25, -0.2) is 8.78 Å². The Kier molecular flexibility index (Phi) is 5.86. The maximum Gasteiger partial charge on any atom is 0.279 e. The van der Waals surface area contributed by atoms with Crippen LogP contribution in [0.5, 0.6) is 5.75 Å². The average Bonchev–Trinajstić information content (AvgIpc) is 2.56. The fourth-order valence-electron chi connectivity index (χ4n) is 1.71. The Morgan fingerprint density at radius 1 is 1.08 bits per heavy atom. The van der Waals surface area contributed by atoms with Crippen molar-refractivity contribution >= 4 is 27.7 Å². The Morgan fingerprint density at radius 3 is 2.46 bits per heavy atom. The second-order valence-corrected chi connectivity index (χ2v) is 5.62. The van der Waals surface area contributed by atoms with E-state index >= 15 is 0 Å². The number of nitrogens with one attached hydrogen (secondary N) is 2. The number of hydrazine groups is 1. The third-order valence-corrected chi connectivity index (χ3v) is 3.63. The summed E-state index contributed by atoms with van der Waals surface area (Å²) in [5, 5.41) is 0. The highest BCUT2D eigenvalue weighted by molar-refractivity contribution is 9.10. The van der Waals surface area contributed by atoms with Crippen LogP contribution in [0.4, 0.5) is 8.78 Å². The number of hydrogen-bond donors (Lipinski definition) is 2. The molecule has 0 bridgehead atoms. The number of hydrogen-bond acceptors (Lipinski definition) is 3. The minimum atomic E-state index is -1.05. The van der Waals surface area contributed by atoms with E-state index in [2.05, 4.69) is 26.8 Å². The summed E-state index contributed by atoms with van der Waals surface area (Å²) >= 11 is 2.97. The summed E-state index contributed by atoms with van der Waals surface area (Å²) in [6.07, 6.45) is -1.05. The standard InChI is InChI=1S/C16H13BrF2N2O3/c1-9(24-14-5-3-2-4-12(14)18)15(22)20-21-16(23)10-6-7-11(17)13(19)8-10/h2-9H,1H3,(H,20,22)(H,21,23). The predicted octanol–water partition coefficient (Wildman–Crippen LogP) is 2.96. The lowest BCUT2D eigenvalue weighted by atomic mass is 10.2. The third-order valence-electron chi connectivity index (χ3n) is 2.99. The molecule has 24 heavy (non-hydrogen) atoms. The molecule has 1 atom stereocenters. The van der Waals surface area contributed by atoms with Gasteiger partial charge in [0.2, 0.25) is 0 Å². The lowest BCUT2D eigenvalue weighted by Crippen LogP contribution is -2.47. The molecule has 8 heteroatoms. The van der Waals surface area contributed by atoms with Crippen LogP contribution in [0.1, 0.15) is 17.3 Å². The van der Waals surface area contributed by atoms with Gasteiger partial charge in [-0.1, -0.05) is 12.1 Å². The smallest absolute Gasteiger partial charge is 0.279 e. The van der Waals surface area contributed by atoms with E-state index in [4.69, 9.17) is 4.74 Å². The SMILES string of the molecule is CC(Oc1ccccc1F)C(=O)NNC(=O)c1ccc(Br)c(F)c1. The van der Waals surface area contributed by atoms with Crippen molar-refractivity contribution in [2.24, 2.45) is 0 Å². The van der Waals surface area contributed by atoms with Crippen LogP contribution in [0.2, 0.25) is 0 Å². The number of amides is 2. The second kappa shape index (κ2) is 7.87. The van der Waals surface area contributed by atoms with E-state index in [1.165, 1.54) is 37.3 Å². The van der Waals surface area contributed by atoms with Crippen molar-refractivity contribution in [3.63, 3.8) is 0 Å². The fraction of sp³-hybridized carbons (Fsp3) is 0.125. The van der Waals surface area contributed by atoms with Crippen molar-refractivity contribution in [2.45, 2.75) is 13.0 Å². The Hall–Kier alpha value is -2.48. The molecule has 0 fully saturated rings. The quantitative estimate of drug-likeness (QED) is 0.778. The molecule has 0 aliphatic carbocycles. The minimum Gasteiger partial charge on any atom is -0.478 e. The molecule has 0 saturated heterocycles. The molecule has 5 nitrogen and oxygen atoms in total. The molecular formula is C16H13BrF2N2O3. The first kappa shape index (κ1) is 17.9. The monoisotopic (exact) mass is 398 g/mol. The second-order valence-electron chi connectivity index (χ2n) is 4.76. The van der Waals surface area contributed by atoms with Gasteiger partial charge in [-0.3, -0.25) is 20.4 Å². The van der Waals surface area contributed by atoms with Crippen molar-refractivity contribution in [3.8, 4) is 5.75 Å². The summed E-state index contributed by atoms with van der Waals surface area (Å²) in [4.78, 5) is 23.7. The summed E-state index contributed by atoms with van der Waals surface area (Å²) in [5.74, 6) is -2.68. The first-order chi connectivity index (χ1) is 11.4. The summed E-state index contributed by atoms with van der Waals surface area (Å²) in [5.41, 5.74) is 4.29. The molecule has 0 aliphatic rings. The van der Waals surface area contributed by atoms with Crippen molar-refractivity contribution < 1.29 is 23.1 Å². The van der Waals surface area contributed by atoms with Crippen LogP contribution in [0.15, 0.2) is 46.9 Å². The largest absolute Gasteiger partial charge is 0.478 e. The number of rotatable bonds is 4. The Labute approximate surface area is 145 Å². The van der Waals surface area contributed by atoms with Crippen molar-refractivity contribution in [1.82, 2.24) is 10.9 Å². The molecule has 0 radical (unpaired) electrons. The van der Waals surface area contributed by atoms with E-state index in [0.29, 0.717) is 0 Å². The van der Waals surface area contributed by atoms with Crippen molar-refractivity contribution in [2.75, 3.05) is 0 Å². The van der Waals surface area contributed by atoms with Crippen molar-refractivity contribution in [3.05, 3.63) is 64.1 Å². The molecule has 0 aromatic heterocycles. The number of benzene rings is 2. The first-order valence-corrected chi connectivity index (χ1v) is 7.64. The lowest BCUT2D eigenvalue weighted by Gasteiger charge is -2.15. The maximum atomic E-state index is 13.5. The Morgan fingerprint density at radius 2 is 1.79 bits per heavy atom. The first-order valence-electron chi connectivity index (χ1n) is 6.85. The van der Waals surface area contributed by atoms with Crippen LogP contribution in [-0.2, 0) is 4.79 Å². The summed E-state index contributed by atoms with van der Waals surface area (Å²) < 4.78 is 32.2. The van der Waals surface area contributed by atoms with Gasteiger partial charge in [0, 0.05) is 5.56 Å². The zero-order chi connectivity index (χ0) is 17.7. The van der Waals surface area contributed by atoms with Gasteiger partial charge in [-0.15, -0.1) is 0 Å². The summed E-state index contributed by atoms with van der Waals surface area (Å²) in [6, 6.07) is 9.40. The molecule has 0 spiro atoms. The average molecular weight is 399 g/mol. The molecule has 2 rings (SSSR count). The normalized spacial score (nSPS) is 11.5. The number of carbonyl (C=O) groups is 2. The number of halogens is 3. The van der Waals surface area contributed by atoms with Crippen LogP contribution in [0, 0.1) is 11.6 Å². The fourth-order valence-corrected chi connectivity index (χ4v) is 1.96. The molecular weight excluding hydrogens is 386 g/mol. The van der Waals surface area contributed by atoms with E-state index in [-0.39, 0.29) is 15.8 Å². The van der Waals surface area contributed by atoms with Crippen molar-refractivity contribution in [1.29, 1.82) is 0 Å². The summed E-state index contributed by atoms with van der Waals surface area (Å²) in [7, 11) is 0. The van der Waals surface area contributed by atoms with E-state index in [9.17, 15) is 18.4 Å². The van der Waals surface area contributed by atoms with E-state index in [1.807, 2.05) is 0 Å². The molecule has 2 amide bonds. The van der Waals surface area contributed by atoms with E-state index < -0.39 is 29.6 Å².